The van der Waals surface area contributed by atoms with Crippen molar-refractivity contribution in [3.8, 4) is 5.69 Å². The number of aryl methyl sites for hydroxylation is 1. The number of para-hydroxylation sites is 1. The van der Waals surface area contributed by atoms with Crippen molar-refractivity contribution in [2.45, 2.75) is 19.9 Å². The molecule has 2 amide bonds. The molecule has 7 heteroatoms. The molecule has 1 atom stereocenters. The zero-order valence-electron chi connectivity index (χ0n) is 12.9. The van der Waals surface area contributed by atoms with Crippen LogP contribution < -0.4 is 10.6 Å². The molecule has 2 heterocycles. The molecule has 0 fully saturated rings. The molecule has 2 aromatic heterocycles. The highest BCUT2D eigenvalue weighted by molar-refractivity contribution is 7.09. The molecule has 0 saturated carbocycles. The molecule has 3 rings (SSSR count). The summed E-state index contributed by atoms with van der Waals surface area (Å²) in [6.07, 6.45) is 3.39. The van der Waals surface area contributed by atoms with Gasteiger partial charge in [0.25, 0.3) is 0 Å². The molecule has 0 bridgehead atoms. The van der Waals surface area contributed by atoms with Gasteiger partial charge in [-0.15, -0.1) is 11.3 Å². The molecule has 3 aromatic rings. The van der Waals surface area contributed by atoms with Crippen LogP contribution >= 0.6 is 11.3 Å². The maximum absolute atomic E-state index is 12.1. The number of nitrogens with zero attached hydrogens (tertiary/aromatic N) is 3. The number of nitrogens with one attached hydrogen (secondary N) is 2. The van der Waals surface area contributed by atoms with Gasteiger partial charge in [-0.3, -0.25) is 0 Å². The van der Waals surface area contributed by atoms with Crippen molar-refractivity contribution < 1.29 is 4.79 Å². The predicted molar refractivity (Wildman–Crippen MR) is 91.0 cm³/mol. The van der Waals surface area contributed by atoms with E-state index in [9.17, 15) is 4.79 Å². The number of hydrogen-bond donors (Lipinski definition) is 2. The summed E-state index contributed by atoms with van der Waals surface area (Å²) in [6, 6.07) is 9.29. The van der Waals surface area contributed by atoms with Gasteiger partial charge in [-0.25, -0.2) is 14.5 Å². The normalized spacial score (nSPS) is 11.9. The number of benzene rings is 1. The fraction of sp³-hybridized carbons (Fsp3) is 0.188. The van der Waals surface area contributed by atoms with E-state index in [1.165, 1.54) is 0 Å². The molecule has 0 aliphatic rings. The van der Waals surface area contributed by atoms with Crippen LogP contribution in [-0.2, 0) is 0 Å². The lowest BCUT2D eigenvalue weighted by Crippen LogP contribution is -2.31. The van der Waals surface area contributed by atoms with E-state index in [0.29, 0.717) is 5.69 Å². The first-order valence-electron chi connectivity index (χ1n) is 7.21. The molecular formula is C16H17N5OS. The first kappa shape index (κ1) is 15.2. The van der Waals surface area contributed by atoms with Crippen molar-refractivity contribution in [2.75, 3.05) is 5.32 Å². The summed E-state index contributed by atoms with van der Waals surface area (Å²) in [7, 11) is 0. The van der Waals surface area contributed by atoms with Crippen molar-refractivity contribution >= 4 is 23.1 Å². The number of carbonyl (C=O) groups excluding carboxylic acids is 1. The van der Waals surface area contributed by atoms with Crippen molar-refractivity contribution in [2.24, 2.45) is 0 Å². The van der Waals surface area contributed by atoms with Gasteiger partial charge in [-0.05, 0) is 26.0 Å². The molecule has 23 heavy (non-hydrogen) atoms. The van der Waals surface area contributed by atoms with Gasteiger partial charge in [-0.1, -0.05) is 18.2 Å². The summed E-state index contributed by atoms with van der Waals surface area (Å²) in [5.41, 5.74) is 2.43. The Morgan fingerprint density at radius 3 is 2.78 bits per heavy atom. The van der Waals surface area contributed by atoms with E-state index in [-0.39, 0.29) is 12.1 Å². The van der Waals surface area contributed by atoms with Crippen LogP contribution in [0.15, 0.2) is 48.1 Å². The number of amides is 2. The van der Waals surface area contributed by atoms with Gasteiger partial charge in [0.15, 0.2) is 0 Å². The van der Waals surface area contributed by atoms with Gasteiger partial charge in [0.05, 0.1) is 40.5 Å². The Morgan fingerprint density at radius 1 is 1.30 bits per heavy atom. The molecule has 0 radical (unpaired) electrons. The Kier molecular flexibility index (Phi) is 4.38. The van der Waals surface area contributed by atoms with Gasteiger partial charge in [0, 0.05) is 5.38 Å². The zero-order chi connectivity index (χ0) is 16.2. The SMILES string of the molecule is Cc1nc([C@@H](C)NC(=O)Nc2cnn(-c3ccccc3)c2)cs1. The number of hydrogen-bond acceptors (Lipinski definition) is 4. The molecule has 0 saturated heterocycles. The van der Waals surface area contributed by atoms with E-state index >= 15 is 0 Å². The molecule has 118 valence electrons. The van der Waals surface area contributed by atoms with Crippen LogP contribution in [0.2, 0.25) is 0 Å². The number of rotatable bonds is 4. The minimum Gasteiger partial charge on any atom is -0.330 e. The molecule has 0 spiro atoms. The Labute approximate surface area is 138 Å². The van der Waals surface area contributed by atoms with E-state index in [2.05, 4.69) is 20.7 Å². The average Bonchev–Trinajstić information content (AvgIpc) is 3.17. The minimum atomic E-state index is -0.282. The smallest absolute Gasteiger partial charge is 0.319 e. The summed E-state index contributed by atoms with van der Waals surface area (Å²) in [4.78, 5) is 16.4. The van der Waals surface area contributed by atoms with Crippen LogP contribution in [0.25, 0.3) is 5.69 Å². The van der Waals surface area contributed by atoms with Crippen molar-refractivity contribution in [1.29, 1.82) is 0 Å². The van der Waals surface area contributed by atoms with Crippen molar-refractivity contribution in [3.05, 3.63) is 58.8 Å². The monoisotopic (exact) mass is 327 g/mol. The largest absolute Gasteiger partial charge is 0.330 e. The van der Waals surface area contributed by atoms with Gasteiger partial charge in [0.1, 0.15) is 0 Å². The number of carbonyl (C=O) groups is 1. The summed E-state index contributed by atoms with van der Waals surface area (Å²) < 4.78 is 1.71. The Bertz CT molecular complexity index is 796. The molecule has 0 unspecified atom stereocenters. The lowest BCUT2D eigenvalue weighted by atomic mass is 10.3. The summed E-state index contributed by atoms with van der Waals surface area (Å²) >= 11 is 1.57. The molecule has 6 nitrogen and oxygen atoms in total. The molecule has 1 aromatic carbocycles. The van der Waals surface area contributed by atoms with Crippen LogP contribution in [-0.4, -0.2) is 20.8 Å². The van der Waals surface area contributed by atoms with Crippen LogP contribution in [0.5, 0.6) is 0 Å². The van der Waals surface area contributed by atoms with Crippen molar-refractivity contribution in [1.82, 2.24) is 20.1 Å². The van der Waals surface area contributed by atoms with E-state index in [4.69, 9.17) is 0 Å². The third-order valence-electron chi connectivity index (χ3n) is 3.29. The highest BCUT2D eigenvalue weighted by atomic mass is 32.1. The first-order chi connectivity index (χ1) is 11.1. The number of thiazole rings is 1. The second-order valence-electron chi connectivity index (χ2n) is 5.12. The summed E-state index contributed by atoms with van der Waals surface area (Å²) in [6.45, 7) is 3.85. The number of aromatic nitrogens is 3. The second kappa shape index (κ2) is 6.62. The van der Waals surface area contributed by atoms with Crippen LogP contribution in [0.3, 0.4) is 0 Å². The highest BCUT2D eigenvalue weighted by Crippen LogP contribution is 2.16. The second-order valence-corrected chi connectivity index (χ2v) is 6.18. The van der Waals surface area contributed by atoms with Crippen LogP contribution in [0.1, 0.15) is 23.7 Å². The van der Waals surface area contributed by atoms with Gasteiger partial charge in [0.2, 0.25) is 0 Å². The predicted octanol–water partition coefficient (Wildman–Crippen LogP) is 3.52. The number of urea groups is 1. The minimum absolute atomic E-state index is 0.149. The maximum Gasteiger partial charge on any atom is 0.319 e. The summed E-state index contributed by atoms with van der Waals surface area (Å²) in [5, 5.41) is 12.8. The average molecular weight is 327 g/mol. The zero-order valence-corrected chi connectivity index (χ0v) is 13.7. The summed E-state index contributed by atoms with van der Waals surface area (Å²) in [5.74, 6) is 0. The molecule has 0 aliphatic carbocycles. The fourth-order valence-electron chi connectivity index (χ4n) is 2.13. The van der Waals surface area contributed by atoms with Gasteiger partial charge < -0.3 is 10.6 Å². The van der Waals surface area contributed by atoms with Crippen LogP contribution in [0, 0.1) is 6.92 Å². The Hall–Kier alpha value is -2.67. The Balaban J connectivity index is 1.61. The lowest BCUT2D eigenvalue weighted by Gasteiger charge is -2.11. The first-order valence-corrected chi connectivity index (χ1v) is 8.09. The van der Waals surface area contributed by atoms with Gasteiger partial charge >= 0.3 is 6.03 Å². The maximum atomic E-state index is 12.1. The quantitative estimate of drug-likeness (QED) is 0.770. The number of anilines is 1. The highest BCUT2D eigenvalue weighted by Gasteiger charge is 2.12. The third-order valence-corrected chi connectivity index (χ3v) is 4.08. The van der Waals surface area contributed by atoms with Crippen LogP contribution in [0.4, 0.5) is 10.5 Å². The van der Waals surface area contributed by atoms with Gasteiger partial charge in [-0.2, -0.15) is 5.10 Å². The topological polar surface area (TPSA) is 71.8 Å². The van der Waals surface area contributed by atoms with E-state index in [1.54, 1.807) is 28.4 Å². The van der Waals surface area contributed by atoms with E-state index < -0.39 is 0 Å². The van der Waals surface area contributed by atoms with Crippen molar-refractivity contribution in [3.63, 3.8) is 0 Å². The fourth-order valence-corrected chi connectivity index (χ4v) is 2.83. The van der Waals surface area contributed by atoms with E-state index in [1.807, 2.05) is 49.6 Å². The Morgan fingerprint density at radius 2 is 2.09 bits per heavy atom. The standard InChI is InChI=1S/C16H17N5OS/c1-11(15-10-23-12(2)19-15)18-16(22)20-13-8-17-21(9-13)14-6-4-3-5-7-14/h3-11H,1-2H3,(H2,18,20,22)/t11-/m1/s1. The molecular weight excluding hydrogens is 310 g/mol. The molecule has 2 N–H and O–H groups in total. The molecule has 0 aliphatic heterocycles. The van der Waals surface area contributed by atoms with E-state index in [0.717, 1.165) is 16.4 Å². The third kappa shape index (κ3) is 3.75. The lowest BCUT2D eigenvalue weighted by molar-refractivity contribution is 0.249.